The summed E-state index contributed by atoms with van der Waals surface area (Å²) in [6.45, 7) is 0. The molecule has 0 aliphatic carbocycles. The fourth-order valence-corrected chi connectivity index (χ4v) is 3.08. The highest BCUT2D eigenvalue weighted by Gasteiger charge is 2.20. The lowest BCUT2D eigenvalue weighted by molar-refractivity contribution is 0.0696. The molecule has 0 aromatic heterocycles. The molecule has 2 aromatic rings. The highest BCUT2D eigenvalue weighted by molar-refractivity contribution is 7.89. The van der Waals surface area contributed by atoms with Crippen molar-refractivity contribution in [3.63, 3.8) is 0 Å². The van der Waals surface area contributed by atoms with Gasteiger partial charge in [0, 0.05) is 5.69 Å². The molecule has 0 heterocycles. The van der Waals surface area contributed by atoms with Crippen LogP contribution in [0.2, 0.25) is 0 Å². The smallest absolute Gasteiger partial charge is 0.335 e. The first-order valence-corrected chi connectivity index (χ1v) is 8.06. The first-order chi connectivity index (χ1) is 10.3. The Balaban J connectivity index is 2.43. The number of carboxylic acid groups (broad SMARTS) is 1. The fourth-order valence-electron chi connectivity index (χ4n) is 2.23. The molecule has 0 aliphatic heterocycles. The van der Waals surface area contributed by atoms with Crippen LogP contribution in [0.4, 0.5) is 5.69 Å². The molecule has 7 heteroatoms. The van der Waals surface area contributed by atoms with Crippen LogP contribution in [0, 0.1) is 0 Å². The van der Waals surface area contributed by atoms with Crippen LogP contribution in [0.3, 0.4) is 0 Å². The van der Waals surface area contributed by atoms with E-state index in [0.29, 0.717) is 18.4 Å². The van der Waals surface area contributed by atoms with E-state index in [4.69, 9.17) is 16.0 Å². The van der Waals surface area contributed by atoms with E-state index in [9.17, 15) is 13.2 Å². The standard InChI is InChI=1S/C15H16N2O4S/c16-13-8-11(15(18)19)9-14(22(17,20)21)12(13)7-6-10-4-2-1-3-5-10/h1-5,8-9H,6-7,16H2,(H,18,19)(H2,17,20,21). The van der Waals surface area contributed by atoms with Gasteiger partial charge in [0.2, 0.25) is 10.0 Å². The summed E-state index contributed by atoms with van der Waals surface area (Å²) < 4.78 is 23.4. The molecule has 2 aromatic carbocycles. The van der Waals surface area contributed by atoms with Gasteiger partial charge >= 0.3 is 5.97 Å². The number of aromatic carboxylic acids is 1. The maximum absolute atomic E-state index is 11.7. The minimum absolute atomic E-state index is 0.111. The second-order valence-corrected chi connectivity index (χ2v) is 6.41. The van der Waals surface area contributed by atoms with Gasteiger partial charge in [-0.3, -0.25) is 0 Å². The molecule has 0 unspecified atom stereocenters. The number of nitrogens with two attached hydrogens (primary N) is 2. The molecule has 0 fully saturated rings. The maximum atomic E-state index is 11.7. The van der Waals surface area contributed by atoms with Crippen LogP contribution in [-0.4, -0.2) is 19.5 Å². The van der Waals surface area contributed by atoms with Crippen LogP contribution in [0.15, 0.2) is 47.4 Å². The summed E-state index contributed by atoms with van der Waals surface area (Å²) in [5.74, 6) is -1.26. The molecule has 0 saturated carbocycles. The van der Waals surface area contributed by atoms with Crippen LogP contribution in [-0.2, 0) is 22.9 Å². The largest absolute Gasteiger partial charge is 0.478 e. The molecule has 116 valence electrons. The van der Waals surface area contributed by atoms with Crippen molar-refractivity contribution in [2.24, 2.45) is 5.14 Å². The van der Waals surface area contributed by atoms with Gasteiger partial charge in [-0.2, -0.15) is 0 Å². The molecular formula is C15H16N2O4S. The minimum atomic E-state index is -4.06. The number of primary sulfonamides is 1. The molecule has 6 nitrogen and oxygen atoms in total. The summed E-state index contributed by atoms with van der Waals surface area (Å²) in [7, 11) is -4.06. The summed E-state index contributed by atoms with van der Waals surface area (Å²) in [6.07, 6.45) is 0.918. The maximum Gasteiger partial charge on any atom is 0.335 e. The molecule has 0 radical (unpaired) electrons. The van der Waals surface area contributed by atoms with Crippen molar-refractivity contribution in [3.05, 3.63) is 59.2 Å². The molecule has 0 aliphatic rings. The molecule has 2 rings (SSSR count). The summed E-state index contributed by atoms with van der Waals surface area (Å²) in [5, 5.41) is 14.2. The number of hydrogen-bond donors (Lipinski definition) is 3. The first-order valence-electron chi connectivity index (χ1n) is 6.51. The van der Waals surface area contributed by atoms with Crippen molar-refractivity contribution in [1.29, 1.82) is 0 Å². The number of rotatable bonds is 5. The zero-order valence-electron chi connectivity index (χ0n) is 11.7. The summed E-state index contributed by atoms with van der Waals surface area (Å²) >= 11 is 0. The van der Waals surface area contributed by atoms with Crippen LogP contribution >= 0.6 is 0 Å². The van der Waals surface area contributed by atoms with Gasteiger partial charge < -0.3 is 10.8 Å². The zero-order valence-corrected chi connectivity index (χ0v) is 12.5. The highest BCUT2D eigenvalue weighted by atomic mass is 32.2. The number of aryl methyl sites for hydroxylation is 1. The van der Waals surface area contributed by atoms with E-state index < -0.39 is 16.0 Å². The van der Waals surface area contributed by atoms with Gasteiger partial charge in [0.15, 0.2) is 0 Å². The van der Waals surface area contributed by atoms with Gasteiger partial charge in [-0.05, 0) is 36.1 Å². The molecular weight excluding hydrogens is 304 g/mol. The van der Waals surface area contributed by atoms with Crippen LogP contribution < -0.4 is 10.9 Å². The SMILES string of the molecule is Nc1cc(C(=O)O)cc(S(N)(=O)=O)c1CCc1ccccc1. The van der Waals surface area contributed by atoms with E-state index in [1.165, 1.54) is 6.07 Å². The number of sulfonamides is 1. The first kappa shape index (κ1) is 16.0. The Morgan fingerprint density at radius 2 is 1.73 bits per heavy atom. The van der Waals surface area contributed by atoms with Crippen LogP contribution in [0.5, 0.6) is 0 Å². The minimum Gasteiger partial charge on any atom is -0.478 e. The monoisotopic (exact) mass is 320 g/mol. The number of anilines is 1. The third-order valence-electron chi connectivity index (χ3n) is 3.30. The van der Waals surface area contributed by atoms with Crippen LogP contribution in [0.1, 0.15) is 21.5 Å². The Morgan fingerprint density at radius 1 is 1.09 bits per heavy atom. The number of nitrogen functional groups attached to an aromatic ring is 1. The molecule has 0 spiro atoms. The second kappa shape index (κ2) is 6.17. The number of carboxylic acids is 1. The van der Waals surface area contributed by atoms with Gasteiger partial charge in [-0.25, -0.2) is 18.4 Å². The lowest BCUT2D eigenvalue weighted by Gasteiger charge is -2.12. The third kappa shape index (κ3) is 3.63. The van der Waals surface area contributed by atoms with Crippen molar-refractivity contribution in [1.82, 2.24) is 0 Å². The topological polar surface area (TPSA) is 123 Å². The molecule has 5 N–H and O–H groups in total. The quantitative estimate of drug-likeness (QED) is 0.718. The normalized spacial score (nSPS) is 11.3. The summed E-state index contributed by atoms with van der Waals surface area (Å²) in [4.78, 5) is 10.8. The Labute approximate surface area is 128 Å². The predicted molar refractivity (Wildman–Crippen MR) is 83.0 cm³/mol. The fraction of sp³-hybridized carbons (Fsp3) is 0.133. The number of carbonyl (C=O) groups is 1. The molecule has 0 bridgehead atoms. The molecule has 0 atom stereocenters. The Morgan fingerprint density at radius 3 is 2.27 bits per heavy atom. The van der Waals surface area contributed by atoms with E-state index in [0.717, 1.165) is 11.6 Å². The summed E-state index contributed by atoms with van der Waals surface area (Å²) in [5.41, 5.74) is 7.11. The average molecular weight is 320 g/mol. The Kier molecular flexibility index (Phi) is 4.48. The van der Waals surface area contributed by atoms with E-state index in [-0.39, 0.29) is 16.1 Å². The van der Waals surface area contributed by atoms with Gasteiger partial charge in [-0.1, -0.05) is 30.3 Å². The molecule has 0 amide bonds. The van der Waals surface area contributed by atoms with Crippen molar-refractivity contribution in [2.45, 2.75) is 17.7 Å². The van der Waals surface area contributed by atoms with Crippen molar-refractivity contribution in [3.8, 4) is 0 Å². The van der Waals surface area contributed by atoms with Gasteiger partial charge in [0.05, 0.1) is 10.5 Å². The Hall–Kier alpha value is -2.38. The van der Waals surface area contributed by atoms with Gasteiger partial charge in [0.1, 0.15) is 0 Å². The van der Waals surface area contributed by atoms with Crippen molar-refractivity contribution < 1.29 is 18.3 Å². The lowest BCUT2D eigenvalue weighted by atomic mass is 10.0. The van der Waals surface area contributed by atoms with E-state index >= 15 is 0 Å². The second-order valence-electron chi connectivity index (χ2n) is 4.88. The van der Waals surface area contributed by atoms with Gasteiger partial charge in [0.25, 0.3) is 0 Å². The highest BCUT2D eigenvalue weighted by Crippen LogP contribution is 2.25. The number of benzene rings is 2. The van der Waals surface area contributed by atoms with Crippen LogP contribution in [0.25, 0.3) is 0 Å². The molecule has 0 saturated heterocycles. The third-order valence-corrected chi connectivity index (χ3v) is 4.28. The Bertz CT molecular complexity index is 802. The average Bonchev–Trinajstić information content (AvgIpc) is 2.45. The lowest BCUT2D eigenvalue weighted by Crippen LogP contribution is -2.17. The van der Waals surface area contributed by atoms with Crippen molar-refractivity contribution in [2.75, 3.05) is 5.73 Å². The van der Waals surface area contributed by atoms with E-state index in [2.05, 4.69) is 0 Å². The van der Waals surface area contributed by atoms with Gasteiger partial charge in [-0.15, -0.1) is 0 Å². The number of hydrogen-bond acceptors (Lipinski definition) is 4. The van der Waals surface area contributed by atoms with Crippen molar-refractivity contribution >= 4 is 21.7 Å². The zero-order chi connectivity index (χ0) is 16.3. The van der Waals surface area contributed by atoms with E-state index in [1.807, 2.05) is 30.3 Å². The summed E-state index contributed by atoms with van der Waals surface area (Å²) in [6, 6.07) is 11.8. The van der Waals surface area contributed by atoms with E-state index in [1.54, 1.807) is 0 Å². The molecule has 22 heavy (non-hydrogen) atoms. The predicted octanol–water partition coefficient (Wildman–Crippen LogP) is 1.40.